The van der Waals surface area contributed by atoms with Gasteiger partial charge in [0.25, 0.3) is 0 Å². The molecule has 8 nitrogen and oxygen atoms in total. The summed E-state index contributed by atoms with van der Waals surface area (Å²) in [5, 5.41) is 9.65. The Kier molecular flexibility index (Phi) is 9.84. The highest BCUT2D eigenvalue weighted by molar-refractivity contribution is 6.08. The van der Waals surface area contributed by atoms with Gasteiger partial charge in [0.2, 0.25) is 0 Å². The number of carbonyl (C=O) groups is 3. The lowest BCUT2D eigenvalue weighted by molar-refractivity contribution is -0.143. The number of rotatable bonds is 12. The number of ketones is 1. The number of aromatic nitrogens is 1. The quantitative estimate of drug-likeness (QED) is 0.186. The van der Waals surface area contributed by atoms with Crippen LogP contribution in [0.25, 0.3) is 10.9 Å². The van der Waals surface area contributed by atoms with Gasteiger partial charge in [-0.1, -0.05) is 31.9 Å². The highest BCUT2D eigenvalue weighted by Gasteiger charge is 2.21. The predicted molar refractivity (Wildman–Crippen MR) is 140 cm³/mol. The molecule has 0 aliphatic heterocycles. The first kappa shape index (κ1) is 27.5. The highest BCUT2D eigenvalue weighted by Crippen LogP contribution is 2.27. The Morgan fingerprint density at radius 2 is 1.81 bits per heavy atom. The highest BCUT2D eigenvalue weighted by atomic mass is 16.6. The number of esters is 1. The molecule has 2 aromatic carbocycles. The van der Waals surface area contributed by atoms with Crippen LogP contribution in [0.15, 0.2) is 48.7 Å². The van der Waals surface area contributed by atoms with Crippen LogP contribution in [0.5, 0.6) is 5.75 Å². The number of Topliss-reactive ketones (excluding diaryl/α,β-unsaturated/α-hetero) is 1. The van der Waals surface area contributed by atoms with E-state index in [1.165, 1.54) is 4.90 Å². The minimum absolute atomic E-state index is 0.0260. The molecule has 194 valence electrons. The molecule has 0 saturated heterocycles. The van der Waals surface area contributed by atoms with E-state index in [2.05, 4.69) is 13.0 Å². The van der Waals surface area contributed by atoms with Gasteiger partial charge in [0, 0.05) is 42.7 Å². The molecule has 0 saturated carbocycles. The number of benzene rings is 2. The first-order valence-electron chi connectivity index (χ1n) is 12.6. The molecule has 3 rings (SSSR count). The minimum Gasteiger partial charge on any atom is -0.465 e. The molecule has 0 bridgehead atoms. The van der Waals surface area contributed by atoms with Crippen molar-refractivity contribution in [2.75, 3.05) is 19.7 Å². The Morgan fingerprint density at radius 3 is 2.49 bits per heavy atom. The molecule has 0 N–H and O–H groups in total. The van der Waals surface area contributed by atoms with Crippen molar-refractivity contribution in [3.63, 3.8) is 0 Å². The molecule has 37 heavy (non-hydrogen) atoms. The van der Waals surface area contributed by atoms with E-state index in [9.17, 15) is 14.4 Å². The van der Waals surface area contributed by atoms with E-state index in [0.29, 0.717) is 41.6 Å². The van der Waals surface area contributed by atoms with Gasteiger partial charge in [-0.3, -0.25) is 14.5 Å². The van der Waals surface area contributed by atoms with Gasteiger partial charge in [0.05, 0.1) is 18.2 Å². The fourth-order valence-corrected chi connectivity index (χ4v) is 4.11. The van der Waals surface area contributed by atoms with Crippen molar-refractivity contribution in [1.29, 1.82) is 5.26 Å². The molecule has 1 aromatic heterocycles. The Bertz CT molecular complexity index is 1290. The van der Waals surface area contributed by atoms with Crippen molar-refractivity contribution in [2.24, 2.45) is 7.05 Å². The summed E-state index contributed by atoms with van der Waals surface area (Å²) >= 11 is 0. The molecular weight excluding hydrogens is 470 g/mol. The summed E-state index contributed by atoms with van der Waals surface area (Å²) in [5.74, 6) is -0.208. The van der Waals surface area contributed by atoms with Crippen LogP contribution < -0.4 is 4.74 Å². The van der Waals surface area contributed by atoms with Gasteiger partial charge in [-0.2, -0.15) is 5.26 Å². The van der Waals surface area contributed by atoms with E-state index in [1.807, 2.05) is 29.8 Å². The van der Waals surface area contributed by atoms with Crippen molar-refractivity contribution in [1.82, 2.24) is 9.47 Å². The fourth-order valence-electron chi connectivity index (χ4n) is 4.11. The van der Waals surface area contributed by atoms with Gasteiger partial charge in [-0.15, -0.1) is 0 Å². The lowest BCUT2D eigenvalue weighted by Crippen LogP contribution is -2.39. The lowest BCUT2D eigenvalue weighted by atomic mass is 10.0. The third-order valence-electron chi connectivity index (χ3n) is 6.11. The number of amides is 1. The van der Waals surface area contributed by atoms with E-state index in [4.69, 9.17) is 14.7 Å². The van der Waals surface area contributed by atoms with Crippen LogP contribution in [-0.4, -0.2) is 47.0 Å². The number of hydrogen-bond donors (Lipinski definition) is 0. The van der Waals surface area contributed by atoms with Crippen LogP contribution in [0, 0.1) is 11.3 Å². The maximum atomic E-state index is 13.1. The second-order valence-corrected chi connectivity index (χ2v) is 8.87. The number of ether oxygens (including phenoxy) is 2. The summed E-state index contributed by atoms with van der Waals surface area (Å²) in [6.45, 7) is 4.23. The number of nitriles is 1. The zero-order valence-electron chi connectivity index (χ0n) is 21.7. The zero-order valence-corrected chi connectivity index (χ0v) is 21.7. The van der Waals surface area contributed by atoms with Crippen molar-refractivity contribution >= 4 is 28.7 Å². The summed E-state index contributed by atoms with van der Waals surface area (Å²) < 4.78 is 12.5. The summed E-state index contributed by atoms with van der Waals surface area (Å²) in [7, 11) is 1.86. The molecule has 0 fully saturated rings. The third-order valence-corrected chi connectivity index (χ3v) is 6.11. The van der Waals surface area contributed by atoms with Crippen molar-refractivity contribution in [2.45, 2.75) is 46.0 Å². The number of carbonyl (C=O) groups excluding carboxylic acids is 3. The number of hydrogen-bond acceptors (Lipinski definition) is 6. The summed E-state index contributed by atoms with van der Waals surface area (Å²) in [5.41, 5.74) is 2.95. The topological polar surface area (TPSA) is 102 Å². The number of fused-ring (bicyclic) bond motifs is 1. The molecule has 0 atom stereocenters. The first-order chi connectivity index (χ1) is 17.9. The molecule has 3 aromatic rings. The Morgan fingerprint density at radius 1 is 1.05 bits per heavy atom. The van der Waals surface area contributed by atoms with Crippen molar-refractivity contribution in [3.8, 4) is 11.8 Å². The van der Waals surface area contributed by atoms with Gasteiger partial charge in [-0.25, -0.2) is 4.79 Å². The average Bonchev–Trinajstić information content (AvgIpc) is 3.22. The predicted octanol–water partition coefficient (Wildman–Crippen LogP) is 5.42. The maximum absolute atomic E-state index is 13.1. The fraction of sp³-hybridized carbons (Fsp3) is 0.379. The molecule has 0 aliphatic rings. The van der Waals surface area contributed by atoms with Crippen LogP contribution in [0.1, 0.15) is 61.0 Å². The lowest BCUT2D eigenvalue weighted by Gasteiger charge is -2.21. The average molecular weight is 504 g/mol. The van der Waals surface area contributed by atoms with Crippen LogP contribution in [0.4, 0.5) is 4.79 Å². The molecular formula is C29H33N3O5. The number of nitrogens with zero attached hydrogens (tertiary/aromatic N) is 3. The Labute approximate surface area is 217 Å². The number of aryl methyl sites for hydroxylation is 2. The summed E-state index contributed by atoms with van der Waals surface area (Å²) in [4.78, 5) is 39.4. The monoisotopic (exact) mass is 503 g/mol. The van der Waals surface area contributed by atoms with Gasteiger partial charge < -0.3 is 14.0 Å². The second kappa shape index (κ2) is 13.3. The van der Waals surface area contributed by atoms with Crippen LogP contribution in [0.3, 0.4) is 0 Å². The molecule has 0 aliphatic carbocycles. The normalized spacial score (nSPS) is 10.6. The van der Waals surface area contributed by atoms with Gasteiger partial charge >= 0.3 is 12.1 Å². The molecule has 1 heterocycles. The first-order valence-corrected chi connectivity index (χ1v) is 12.6. The SMILES string of the molecule is CCCCCN(CC(=O)OCC)C(=O)Oc1ccc2c(c1)c(C(=O)CCc1ccc(C#N)cc1)cn2C. The smallest absolute Gasteiger partial charge is 0.415 e. The van der Waals surface area contributed by atoms with E-state index in [0.717, 1.165) is 30.3 Å². The largest absolute Gasteiger partial charge is 0.465 e. The van der Waals surface area contributed by atoms with Gasteiger partial charge in [-0.05, 0) is 55.7 Å². The standard InChI is InChI=1S/C29H33N3O5/c1-4-6-7-16-32(20-28(34)36-5-2)29(35)37-23-13-14-26-24(17-23)25(19-31(26)3)27(33)15-12-21-8-10-22(18-30)11-9-21/h8-11,13-14,17,19H,4-7,12,15-16,20H2,1-3H3. The molecule has 0 radical (unpaired) electrons. The van der Waals surface area contributed by atoms with E-state index in [-0.39, 0.29) is 18.9 Å². The van der Waals surface area contributed by atoms with E-state index >= 15 is 0 Å². The van der Waals surface area contributed by atoms with Crippen LogP contribution >= 0.6 is 0 Å². The second-order valence-electron chi connectivity index (χ2n) is 8.87. The third kappa shape index (κ3) is 7.43. The van der Waals surface area contributed by atoms with Gasteiger partial charge in [0.1, 0.15) is 12.3 Å². The van der Waals surface area contributed by atoms with Gasteiger partial charge in [0.15, 0.2) is 5.78 Å². The van der Waals surface area contributed by atoms with Crippen LogP contribution in [-0.2, 0) is 23.0 Å². The minimum atomic E-state index is -0.631. The number of unbranched alkanes of at least 4 members (excludes halogenated alkanes) is 2. The molecule has 1 amide bonds. The molecule has 8 heteroatoms. The van der Waals surface area contributed by atoms with E-state index < -0.39 is 12.1 Å². The van der Waals surface area contributed by atoms with Crippen molar-refractivity contribution < 1.29 is 23.9 Å². The Hall–Kier alpha value is -4.12. The van der Waals surface area contributed by atoms with E-state index in [1.54, 1.807) is 37.4 Å². The Balaban J connectivity index is 1.75. The molecule has 0 spiro atoms. The zero-order chi connectivity index (χ0) is 26.8. The summed E-state index contributed by atoms with van der Waals surface area (Å²) in [6, 6.07) is 14.5. The van der Waals surface area contributed by atoms with Crippen LogP contribution in [0.2, 0.25) is 0 Å². The van der Waals surface area contributed by atoms with Crippen molar-refractivity contribution in [3.05, 3.63) is 65.4 Å². The summed E-state index contributed by atoms with van der Waals surface area (Å²) in [6.07, 6.45) is 4.67. The maximum Gasteiger partial charge on any atom is 0.415 e. The molecule has 0 unspecified atom stereocenters.